The van der Waals surface area contributed by atoms with Crippen molar-refractivity contribution in [3.05, 3.63) is 29.8 Å². The fourth-order valence-electron chi connectivity index (χ4n) is 1.62. The van der Waals surface area contributed by atoms with Crippen LogP contribution in [0.4, 0.5) is 0 Å². The van der Waals surface area contributed by atoms with Gasteiger partial charge in [-0.25, -0.2) is 13.1 Å². The Morgan fingerprint density at radius 1 is 1.20 bits per heavy atom. The van der Waals surface area contributed by atoms with Crippen LogP contribution in [-0.4, -0.2) is 26.7 Å². The molecule has 0 saturated carbocycles. The van der Waals surface area contributed by atoms with E-state index in [0.29, 0.717) is 13.0 Å². The highest BCUT2D eigenvalue weighted by molar-refractivity contribution is 7.89. The molecule has 0 spiro atoms. The van der Waals surface area contributed by atoms with Gasteiger partial charge in [0, 0.05) is 13.2 Å². The van der Waals surface area contributed by atoms with Gasteiger partial charge in [-0.1, -0.05) is 32.9 Å². The van der Waals surface area contributed by atoms with Crippen LogP contribution in [0.1, 0.15) is 39.2 Å². The summed E-state index contributed by atoms with van der Waals surface area (Å²) in [6.07, 6.45) is 2.36. The van der Waals surface area contributed by atoms with Gasteiger partial charge in [0.1, 0.15) is 0 Å². The Balaban J connectivity index is 2.73. The van der Waals surface area contributed by atoms with Gasteiger partial charge in [0.15, 0.2) is 0 Å². The number of hydrogen-bond acceptors (Lipinski definition) is 3. The van der Waals surface area contributed by atoms with E-state index in [2.05, 4.69) is 4.72 Å². The van der Waals surface area contributed by atoms with Crippen LogP contribution in [0.2, 0.25) is 0 Å². The lowest BCUT2D eigenvalue weighted by molar-refractivity contribution is 0.288. The van der Waals surface area contributed by atoms with E-state index in [1.807, 2.05) is 20.8 Å². The quantitative estimate of drug-likeness (QED) is 0.774. The lowest BCUT2D eigenvalue weighted by Crippen LogP contribution is -2.33. The normalized spacial score (nSPS) is 12.6. The highest BCUT2D eigenvalue weighted by atomic mass is 32.2. The molecule has 0 saturated heterocycles. The Labute approximate surface area is 122 Å². The third-order valence-corrected chi connectivity index (χ3v) is 4.97. The van der Waals surface area contributed by atoms with Gasteiger partial charge >= 0.3 is 0 Å². The SMILES string of the molecule is CCC(C)(C)CNS(=O)(=O)c1ccc(CCCO)cc1. The van der Waals surface area contributed by atoms with E-state index < -0.39 is 10.0 Å². The van der Waals surface area contributed by atoms with E-state index >= 15 is 0 Å². The molecule has 5 heteroatoms. The van der Waals surface area contributed by atoms with Gasteiger partial charge in [0.25, 0.3) is 0 Å². The summed E-state index contributed by atoms with van der Waals surface area (Å²) in [7, 11) is -3.44. The van der Waals surface area contributed by atoms with Gasteiger partial charge in [-0.3, -0.25) is 0 Å². The van der Waals surface area contributed by atoms with Crippen molar-refractivity contribution < 1.29 is 13.5 Å². The Hall–Kier alpha value is -0.910. The summed E-state index contributed by atoms with van der Waals surface area (Å²) in [5.74, 6) is 0. The van der Waals surface area contributed by atoms with Crippen molar-refractivity contribution in [3.8, 4) is 0 Å². The summed E-state index contributed by atoms with van der Waals surface area (Å²) >= 11 is 0. The number of aryl methyl sites for hydroxylation is 1. The minimum Gasteiger partial charge on any atom is -0.396 e. The first kappa shape index (κ1) is 17.1. The molecule has 1 aromatic carbocycles. The maximum Gasteiger partial charge on any atom is 0.240 e. The molecule has 0 fully saturated rings. The molecular formula is C15H25NO3S. The molecule has 1 rings (SSSR count). The molecule has 0 bridgehead atoms. The zero-order chi connectivity index (χ0) is 15.2. The molecule has 4 nitrogen and oxygen atoms in total. The van der Waals surface area contributed by atoms with Crippen molar-refractivity contribution in [2.24, 2.45) is 5.41 Å². The second-order valence-electron chi connectivity index (χ2n) is 5.81. The number of nitrogens with one attached hydrogen (secondary N) is 1. The van der Waals surface area contributed by atoms with Crippen molar-refractivity contribution in [1.82, 2.24) is 4.72 Å². The third-order valence-electron chi connectivity index (χ3n) is 3.56. The average Bonchev–Trinajstić information content (AvgIpc) is 2.44. The summed E-state index contributed by atoms with van der Waals surface area (Å²) in [4.78, 5) is 0.289. The first-order valence-corrected chi connectivity index (χ1v) is 8.48. The van der Waals surface area contributed by atoms with E-state index in [9.17, 15) is 8.42 Å². The standard InChI is InChI=1S/C15H25NO3S/c1-4-15(2,3)12-16-20(18,19)14-9-7-13(8-10-14)6-5-11-17/h7-10,16-17H,4-6,11-12H2,1-3H3. The number of aliphatic hydroxyl groups excluding tert-OH is 1. The van der Waals surface area contributed by atoms with Crippen molar-refractivity contribution in [2.45, 2.75) is 44.9 Å². The predicted octanol–water partition coefficient (Wildman–Crippen LogP) is 2.33. The van der Waals surface area contributed by atoms with Gasteiger partial charge in [0.2, 0.25) is 10.0 Å². The first-order valence-electron chi connectivity index (χ1n) is 7.00. The molecule has 20 heavy (non-hydrogen) atoms. The molecular weight excluding hydrogens is 274 g/mol. The van der Waals surface area contributed by atoms with Crippen LogP contribution in [0, 0.1) is 5.41 Å². The lowest BCUT2D eigenvalue weighted by Gasteiger charge is -2.22. The van der Waals surface area contributed by atoms with Gasteiger partial charge < -0.3 is 5.11 Å². The molecule has 0 aliphatic heterocycles. The smallest absolute Gasteiger partial charge is 0.240 e. The topological polar surface area (TPSA) is 66.4 Å². The molecule has 0 radical (unpaired) electrons. The van der Waals surface area contributed by atoms with Crippen LogP contribution in [0.5, 0.6) is 0 Å². The number of hydrogen-bond donors (Lipinski definition) is 2. The fourth-order valence-corrected chi connectivity index (χ4v) is 2.86. The molecule has 114 valence electrons. The molecule has 0 amide bonds. The fraction of sp³-hybridized carbons (Fsp3) is 0.600. The zero-order valence-electron chi connectivity index (χ0n) is 12.5. The van der Waals surface area contributed by atoms with E-state index in [4.69, 9.17) is 5.11 Å². The van der Waals surface area contributed by atoms with Crippen LogP contribution in [0.15, 0.2) is 29.2 Å². The zero-order valence-corrected chi connectivity index (χ0v) is 13.3. The highest BCUT2D eigenvalue weighted by Gasteiger charge is 2.20. The van der Waals surface area contributed by atoms with Gasteiger partial charge in [-0.2, -0.15) is 0 Å². The van der Waals surface area contributed by atoms with Crippen LogP contribution in [-0.2, 0) is 16.4 Å². The molecule has 0 atom stereocenters. The highest BCUT2D eigenvalue weighted by Crippen LogP contribution is 2.19. The Morgan fingerprint density at radius 2 is 1.80 bits per heavy atom. The minimum atomic E-state index is -3.44. The van der Waals surface area contributed by atoms with Crippen molar-refractivity contribution in [2.75, 3.05) is 13.2 Å². The van der Waals surface area contributed by atoms with Crippen LogP contribution in [0.25, 0.3) is 0 Å². The van der Waals surface area contributed by atoms with Gasteiger partial charge in [-0.05, 0) is 42.4 Å². The van der Waals surface area contributed by atoms with Crippen molar-refractivity contribution in [1.29, 1.82) is 0 Å². The number of aliphatic hydroxyl groups is 1. The summed E-state index contributed by atoms with van der Waals surface area (Å²) in [6.45, 7) is 6.69. The molecule has 0 heterocycles. The number of benzene rings is 1. The lowest BCUT2D eigenvalue weighted by atomic mass is 9.91. The summed E-state index contributed by atoms with van der Waals surface area (Å²) in [5.41, 5.74) is 0.987. The maximum atomic E-state index is 12.2. The summed E-state index contributed by atoms with van der Waals surface area (Å²) in [6, 6.07) is 6.84. The summed E-state index contributed by atoms with van der Waals surface area (Å²) < 4.78 is 27.0. The molecule has 0 aliphatic carbocycles. The molecule has 2 N–H and O–H groups in total. The monoisotopic (exact) mass is 299 g/mol. The molecule has 0 unspecified atom stereocenters. The van der Waals surface area contributed by atoms with Crippen molar-refractivity contribution >= 4 is 10.0 Å². The minimum absolute atomic E-state index is 0.0475. The van der Waals surface area contributed by atoms with Crippen LogP contribution >= 0.6 is 0 Å². The van der Waals surface area contributed by atoms with E-state index in [0.717, 1.165) is 18.4 Å². The number of rotatable bonds is 8. The number of sulfonamides is 1. The van der Waals surface area contributed by atoms with Crippen LogP contribution in [0.3, 0.4) is 0 Å². The van der Waals surface area contributed by atoms with Gasteiger partial charge in [-0.15, -0.1) is 0 Å². The molecule has 0 aliphatic rings. The second-order valence-corrected chi connectivity index (χ2v) is 7.58. The largest absolute Gasteiger partial charge is 0.396 e. The Bertz CT molecular complexity index is 506. The first-order chi connectivity index (χ1) is 9.30. The third kappa shape index (κ3) is 5.23. The second kappa shape index (κ2) is 7.20. The van der Waals surface area contributed by atoms with Crippen molar-refractivity contribution in [3.63, 3.8) is 0 Å². The van der Waals surface area contributed by atoms with E-state index in [1.54, 1.807) is 24.3 Å². The Morgan fingerprint density at radius 3 is 2.30 bits per heavy atom. The van der Waals surface area contributed by atoms with Gasteiger partial charge in [0.05, 0.1) is 4.90 Å². The molecule has 0 aromatic heterocycles. The molecule has 1 aromatic rings. The Kier molecular flexibility index (Phi) is 6.17. The predicted molar refractivity (Wildman–Crippen MR) is 81.1 cm³/mol. The van der Waals surface area contributed by atoms with E-state index in [-0.39, 0.29) is 16.9 Å². The van der Waals surface area contributed by atoms with Crippen LogP contribution < -0.4 is 4.72 Å². The summed E-state index contributed by atoms with van der Waals surface area (Å²) in [5, 5.41) is 8.78. The van der Waals surface area contributed by atoms with E-state index in [1.165, 1.54) is 0 Å². The average molecular weight is 299 g/mol. The maximum absolute atomic E-state index is 12.2.